The van der Waals surface area contributed by atoms with Crippen molar-refractivity contribution in [3.8, 4) is 0 Å². The Morgan fingerprint density at radius 2 is 2.00 bits per heavy atom. The van der Waals surface area contributed by atoms with E-state index >= 15 is 0 Å². The molecule has 2 rings (SSSR count). The van der Waals surface area contributed by atoms with E-state index in [1.165, 1.54) is 0 Å². The van der Waals surface area contributed by atoms with Crippen LogP contribution >= 0.6 is 0 Å². The number of amides is 1. The van der Waals surface area contributed by atoms with E-state index < -0.39 is 0 Å². The maximum atomic E-state index is 11.1. The molecule has 3 heteroatoms. The molecule has 0 unspecified atom stereocenters. The van der Waals surface area contributed by atoms with Gasteiger partial charge in [-0.15, -0.1) is 0 Å². The van der Waals surface area contributed by atoms with Crippen molar-refractivity contribution in [2.75, 3.05) is 0 Å². The summed E-state index contributed by atoms with van der Waals surface area (Å²) in [6, 6.07) is 7.56. The predicted molar refractivity (Wildman–Crippen MR) is 50.1 cm³/mol. The second kappa shape index (κ2) is 4.44. The van der Waals surface area contributed by atoms with Crippen molar-refractivity contribution in [3.05, 3.63) is 35.4 Å². The van der Waals surface area contributed by atoms with E-state index in [9.17, 15) is 4.79 Å². The van der Waals surface area contributed by atoms with E-state index in [2.05, 4.69) is 4.99 Å². The van der Waals surface area contributed by atoms with Gasteiger partial charge in [-0.3, -0.25) is 4.79 Å². The van der Waals surface area contributed by atoms with Crippen LogP contribution in [0.2, 0.25) is 0 Å². The monoisotopic (exact) mass is 185 g/mol. The quantitative estimate of drug-likeness (QED) is 0.550. The number of fused-ring (bicyclic) bond motifs is 1. The average molecular weight is 185 g/mol. The molecule has 12 heavy (non-hydrogen) atoms. The van der Waals surface area contributed by atoms with E-state index in [0.29, 0.717) is 0 Å². The molecule has 0 radical (unpaired) electrons. The first-order chi connectivity index (χ1) is 5.38. The van der Waals surface area contributed by atoms with Crippen LogP contribution in [0.4, 0.5) is 0 Å². The summed E-state index contributed by atoms with van der Waals surface area (Å²) in [5.74, 6) is -0.119. The molecule has 0 aromatic heterocycles. The van der Waals surface area contributed by atoms with Crippen molar-refractivity contribution in [2.45, 2.75) is 6.42 Å². The molecule has 0 N–H and O–H groups in total. The molecule has 1 heterocycles. The topological polar surface area (TPSA) is 29.4 Å². The van der Waals surface area contributed by atoms with Crippen LogP contribution in [0.1, 0.15) is 15.9 Å². The van der Waals surface area contributed by atoms with Gasteiger partial charge in [0.2, 0.25) is 0 Å². The average Bonchev–Trinajstić information content (AvgIpc) is 2.06. The van der Waals surface area contributed by atoms with Gasteiger partial charge in [-0.05, 0) is 11.6 Å². The molecular weight excluding hydrogens is 177 g/mol. The van der Waals surface area contributed by atoms with Crippen LogP contribution in [0.5, 0.6) is 0 Å². The van der Waals surface area contributed by atoms with Crippen molar-refractivity contribution in [2.24, 2.45) is 4.99 Å². The molecule has 0 saturated carbocycles. The molecule has 1 aromatic rings. The number of rotatable bonds is 0. The Hall–Kier alpha value is 0.196. The van der Waals surface area contributed by atoms with Gasteiger partial charge in [-0.1, -0.05) is 18.2 Å². The van der Waals surface area contributed by atoms with Crippen molar-refractivity contribution in [3.63, 3.8) is 0 Å². The Balaban J connectivity index is 0.000000720. The Labute approximate surface area is 113 Å². The van der Waals surface area contributed by atoms with Gasteiger partial charge >= 0.3 is 51.4 Å². The fourth-order valence-corrected chi connectivity index (χ4v) is 1.20. The molecule has 0 aliphatic carbocycles. The summed E-state index contributed by atoms with van der Waals surface area (Å²) in [4.78, 5) is 14.8. The van der Waals surface area contributed by atoms with Gasteiger partial charge in [0.05, 0.1) is 0 Å². The molecule has 2 nitrogen and oxygen atoms in total. The number of benzene rings is 1. The summed E-state index contributed by atoms with van der Waals surface area (Å²) in [5.41, 5.74) is 1.82. The van der Waals surface area contributed by atoms with E-state index in [-0.39, 0.29) is 57.3 Å². The van der Waals surface area contributed by atoms with Gasteiger partial charge in [-0.25, -0.2) is 4.99 Å². The minimum absolute atomic E-state index is 0. The van der Waals surface area contributed by atoms with E-state index in [1.54, 1.807) is 6.21 Å². The van der Waals surface area contributed by atoms with Crippen LogP contribution in [0, 0.1) is 0 Å². The fraction of sp³-hybridized carbons (Fsp3) is 0.111. The minimum atomic E-state index is -0.119. The van der Waals surface area contributed by atoms with Gasteiger partial charge < -0.3 is 0 Å². The molecule has 0 atom stereocenters. The van der Waals surface area contributed by atoms with Crippen molar-refractivity contribution in [1.82, 2.24) is 0 Å². The molecular formula is C9H8KNO. The number of hydrogen-bond acceptors (Lipinski definition) is 1. The van der Waals surface area contributed by atoms with Crippen LogP contribution in [0.15, 0.2) is 29.3 Å². The third kappa shape index (κ3) is 1.92. The third-order valence-electron chi connectivity index (χ3n) is 1.77. The summed E-state index contributed by atoms with van der Waals surface area (Å²) in [5, 5.41) is 0. The van der Waals surface area contributed by atoms with Crippen molar-refractivity contribution >= 4 is 63.5 Å². The van der Waals surface area contributed by atoms with Gasteiger partial charge in [0.15, 0.2) is 0 Å². The molecule has 56 valence electrons. The molecule has 0 saturated heterocycles. The first-order valence-corrected chi connectivity index (χ1v) is 3.53. The Bertz CT molecular complexity index is 333. The number of hydrogen-bond donors (Lipinski definition) is 0. The zero-order valence-corrected chi connectivity index (χ0v) is 5.95. The molecule has 0 spiro atoms. The Morgan fingerprint density at radius 1 is 1.25 bits per heavy atom. The van der Waals surface area contributed by atoms with Gasteiger partial charge in [0, 0.05) is 18.2 Å². The van der Waals surface area contributed by atoms with E-state index in [1.807, 2.05) is 24.3 Å². The Kier molecular flexibility index (Phi) is 3.80. The van der Waals surface area contributed by atoms with E-state index in [0.717, 1.165) is 17.5 Å². The fourth-order valence-electron chi connectivity index (χ4n) is 1.20. The molecule has 1 aliphatic rings. The van der Waals surface area contributed by atoms with Crippen LogP contribution < -0.4 is 0 Å². The summed E-state index contributed by atoms with van der Waals surface area (Å²) < 4.78 is 0. The molecule has 0 bridgehead atoms. The van der Waals surface area contributed by atoms with Gasteiger partial charge in [0.25, 0.3) is 5.91 Å². The maximum absolute atomic E-state index is 11.1. The second-order valence-electron chi connectivity index (χ2n) is 2.48. The van der Waals surface area contributed by atoms with Crippen LogP contribution in [0.25, 0.3) is 0 Å². The summed E-state index contributed by atoms with van der Waals surface area (Å²) in [6.45, 7) is 0. The van der Waals surface area contributed by atoms with E-state index in [4.69, 9.17) is 0 Å². The predicted octanol–water partition coefficient (Wildman–Crippen LogP) is 0.805. The molecule has 1 aliphatic heterocycles. The normalized spacial score (nSPS) is 13.5. The molecule has 0 fully saturated rings. The zero-order chi connectivity index (χ0) is 7.68. The SMILES string of the molecule is O=C1N=CCc2ccccc21.[KH]. The number of carbonyl (C=O) groups excluding carboxylic acids is 1. The third-order valence-corrected chi connectivity index (χ3v) is 1.77. The summed E-state index contributed by atoms with van der Waals surface area (Å²) in [6.07, 6.45) is 2.44. The Morgan fingerprint density at radius 3 is 2.75 bits per heavy atom. The first-order valence-electron chi connectivity index (χ1n) is 3.53. The first kappa shape index (κ1) is 10.3. The van der Waals surface area contributed by atoms with Crippen LogP contribution in [-0.4, -0.2) is 63.5 Å². The zero-order valence-electron chi connectivity index (χ0n) is 5.95. The molecule has 1 aromatic carbocycles. The van der Waals surface area contributed by atoms with Gasteiger partial charge in [-0.2, -0.15) is 0 Å². The standard InChI is InChI=1S/C9H7NO.K.H/c11-9-8-4-2-1-3-7(8)5-6-10-9;;/h1-4,6H,5H2;;. The van der Waals surface area contributed by atoms with Crippen LogP contribution in [0.3, 0.4) is 0 Å². The van der Waals surface area contributed by atoms with Crippen molar-refractivity contribution in [1.29, 1.82) is 0 Å². The van der Waals surface area contributed by atoms with Crippen molar-refractivity contribution < 1.29 is 4.79 Å². The second-order valence-corrected chi connectivity index (χ2v) is 2.48. The molecule has 1 amide bonds. The summed E-state index contributed by atoms with van der Waals surface area (Å²) in [7, 11) is 0. The number of aliphatic imine (C=N–C) groups is 1. The van der Waals surface area contributed by atoms with Gasteiger partial charge in [0.1, 0.15) is 0 Å². The summed E-state index contributed by atoms with van der Waals surface area (Å²) >= 11 is 0. The number of carbonyl (C=O) groups is 1. The number of nitrogens with zero attached hydrogens (tertiary/aromatic N) is 1. The van der Waals surface area contributed by atoms with Crippen LogP contribution in [-0.2, 0) is 6.42 Å².